The third-order valence-corrected chi connectivity index (χ3v) is 4.43. The highest BCUT2D eigenvalue weighted by Crippen LogP contribution is 2.51. The lowest BCUT2D eigenvalue weighted by molar-refractivity contribution is -0.163. The topological polar surface area (TPSA) is 44.8 Å². The van der Waals surface area contributed by atoms with E-state index in [-0.39, 0.29) is 23.3 Å². The molecule has 2 fully saturated rings. The van der Waals surface area contributed by atoms with E-state index < -0.39 is 0 Å². The molecule has 0 spiro atoms. The Morgan fingerprint density at radius 3 is 2.55 bits per heavy atom. The van der Waals surface area contributed by atoms with E-state index >= 15 is 0 Å². The van der Waals surface area contributed by atoms with E-state index in [1.807, 2.05) is 20.8 Å². The molecule has 128 valence electrons. The van der Waals surface area contributed by atoms with Gasteiger partial charge in [0, 0.05) is 13.2 Å². The van der Waals surface area contributed by atoms with E-state index in [0.29, 0.717) is 0 Å². The van der Waals surface area contributed by atoms with Crippen molar-refractivity contribution in [3.8, 4) is 0 Å². The van der Waals surface area contributed by atoms with E-state index in [2.05, 4.69) is 0 Å². The first-order chi connectivity index (χ1) is 10.4. The molecule has 0 radical (unpaired) electrons. The van der Waals surface area contributed by atoms with Crippen molar-refractivity contribution in [2.45, 2.75) is 90.4 Å². The Morgan fingerprint density at radius 2 is 1.95 bits per heavy atom. The fourth-order valence-corrected chi connectivity index (χ4v) is 2.89. The molecule has 0 aromatic carbocycles. The molecule has 1 aliphatic heterocycles. The average molecular weight is 312 g/mol. The maximum atomic E-state index is 12.2. The Balaban J connectivity index is 1.53. The zero-order valence-electron chi connectivity index (χ0n) is 14.5. The van der Waals surface area contributed by atoms with Crippen molar-refractivity contribution in [3.63, 3.8) is 0 Å². The van der Waals surface area contributed by atoms with Crippen LogP contribution in [0.15, 0.2) is 0 Å². The van der Waals surface area contributed by atoms with Gasteiger partial charge in [0.15, 0.2) is 6.29 Å². The molecule has 22 heavy (non-hydrogen) atoms. The van der Waals surface area contributed by atoms with Crippen LogP contribution in [0.25, 0.3) is 0 Å². The summed E-state index contributed by atoms with van der Waals surface area (Å²) >= 11 is 0. The van der Waals surface area contributed by atoms with Gasteiger partial charge in [-0.2, -0.15) is 0 Å². The summed E-state index contributed by atoms with van der Waals surface area (Å²) in [4.78, 5) is 12.2. The van der Waals surface area contributed by atoms with Crippen LogP contribution in [0.5, 0.6) is 0 Å². The highest BCUT2D eigenvalue weighted by atomic mass is 16.7. The molecular formula is C18H32O4. The van der Waals surface area contributed by atoms with E-state index in [1.165, 1.54) is 6.42 Å². The van der Waals surface area contributed by atoms with Gasteiger partial charge in [-0.1, -0.05) is 12.8 Å². The van der Waals surface area contributed by atoms with Crippen molar-refractivity contribution in [2.75, 3.05) is 13.2 Å². The molecule has 4 heteroatoms. The van der Waals surface area contributed by atoms with Crippen LogP contribution < -0.4 is 0 Å². The van der Waals surface area contributed by atoms with Crippen LogP contribution in [0.2, 0.25) is 0 Å². The first-order valence-electron chi connectivity index (χ1n) is 8.88. The van der Waals surface area contributed by atoms with Crippen LogP contribution >= 0.6 is 0 Å². The van der Waals surface area contributed by atoms with Crippen LogP contribution in [0.3, 0.4) is 0 Å². The van der Waals surface area contributed by atoms with Crippen molar-refractivity contribution < 1.29 is 19.0 Å². The van der Waals surface area contributed by atoms with Crippen LogP contribution in [0, 0.1) is 5.41 Å². The molecule has 0 bridgehead atoms. The Hall–Kier alpha value is -0.610. The number of hydrogen-bond donors (Lipinski definition) is 0. The minimum absolute atomic E-state index is 0.00635. The van der Waals surface area contributed by atoms with E-state index in [9.17, 15) is 4.79 Å². The van der Waals surface area contributed by atoms with Crippen LogP contribution in [-0.4, -0.2) is 31.1 Å². The van der Waals surface area contributed by atoms with Crippen molar-refractivity contribution in [3.05, 3.63) is 0 Å². The maximum absolute atomic E-state index is 12.2. The second kappa shape index (κ2) is 7.78. The SMILES string of the molecule is CC(C)(C)OC(=O)C1(CCCCCOC2CCCCO2)CC1. The van der Waals surface area contributed by atoms with E-state index in [4.69, 9.17) is 14.2 Å². The number of esters is 1. The number of ether oxygens (including phenoxy) is 3. The first kappa shape index (κ1) is 17.7. The quantitative estimate of drug-likeness (QED) is 0.497. The Kier molecular flexibility index (Phi) is 6.27. The molecule has 0 aromatic heterocycles. The average Bonchev–Trinajstić information content (AvgIpc) is 3.23. The smallest absolute Gasteiger partial charge is 0.312 e. The molecule has 0 aromatic rings. The molecule has 2 aliphatic rings. The highest BCUT2D eigenvalue weighted by Gasteiger charge is 2.51. The largest absolute Gasteiger partial charge is 0.460 e. The lowest BCUT2D eigenvalue weighted by Gasteiger charge is -2.24. The summed E-state index contributed by atoms with van der Waals surface area (Å²) in [5.41, 5.74) is -0.541. The van der Waals surface area contributed by atoms with Crippen molar-refractivity contribution in [1.82, 2.24) is 0 Å². The highest BCUT2D eigenvalue weighted by molar-refractivity contribution is 5.80. The molecule has 2 rings (SSSR count). The minimum atomic E-state index is -0.374. The predicted molar refractivity (Wildman–Crippen MR) is 85.5 cm³/mol. The van der Waals surface area contributed by atoms with Crippen molar-refractivity contribution >= 4 is 5.97 Å². The summed E-state index contributed by atoms with van der Waals surface area (Å²) < 4.78 is 16.8. The van der Waals surface area contributed by atoms with Gasteiger partial charge in [-0.05, 0) is 65.7 Å². The van der Waals surface area contributed by atoms with Gasteiger partial charge in [0.2, 0.25) is 0 Å². The number of hydrogen-bond acceptors (Lipinski definition) is 4. The zero-order chi connectivity index (χ0) is 16.1. The van der Waals surface area contributed by atoms with Gasteiger partial charge in [0.25, 0.3) is 0 Å². The standard InChI is InChI=1S/C18H32O4/c1-17(2,3)22-16(19)18(11-12-18)10-6-4-7-13-20-15-9-5-8-14-21-15/h15H,4-14H2,1-3H3. The molecular weight excluding hydrogens is 280 g/mol. The zero-order valence-corrected chi connectivity index (χ0v) is 14.5. The fraction of sp³-hybridized carbons (Fsp3) is 0.944. The lowest BCUT2D eigenvalue weighted by Crippen LogP contribution is -2.29. The lowest BCUT2D eigenvalue weighted by atomic mass is 9.98. The third kappa shape index (κ3) is 5.88. The molecule has 1 aliphatic carbocycles. The number of rotatable bonds is 8. The Bertz CT molecular complexity index is 349. The molecule has 1 saturated heterocycles. The Morgan fingerprint density at radius 1 is 1.18 bits per heavy atom. The van der Waals surface area contributed by atoms with Crippen LogP contribution in [0.4, 0.5) is 0 Å². The predicted octanol–water partition coefficient (Wildman–Crippen LogP) is 4.21. The van der Waals surface area contributed by atoms with Crippen LogP contribution in [-0.2, 0) is 19.0 Å². The van der Waals surface area contributed by atoms with Crippen LogP contribution in [0.1, 0.15) is 78.6 Å². The van der Waals surface area contributed by atoms with Gasteiger partial charge >= 0.3 is 5.97 Å². The molecule has 1 atom stereocenters. The molecule has 0 N–H and O–H groups in total. The second-order valence-electron chi connectivity index (χ2n) is 7.76. The molecule has 1 unspecified atom stereocenters. The maximum Gasteiger partial charge on any atom is 0.312 e. The first-order valence-corrected chi connectivity index (χ1v) is 8.88. The summed E-state index contributed by atoms with van der Waals surface area (Å²) in [6.07, 6.45) is 9.60. The van der Waals surface area contributed by atoms with Gasteiger partial charge < -0.3 is 14.2 Å². The summed E-state index contributed by atoms with van der Waals surface area (Å²) in [7, 11) is 0. The number of carbonyl (C=O) groups excluding carboxylic acids is 1. The van der Waals surface area contributed by atoms with Gasteiger partial charge in [0.05, 0.1) is 5.41 Å². The second-order valence-corrected chi connectivity index (χ2v) is 7.76. The normalized spacial score (nSPS) is 24.0. The summed E-state index contributed by atoms with van der Waals surface area (Å²) in [5, 5.41) is 0. The van der Waals surface area contributed by atoms with Gasteiger partial charge in [0.1, 0.15) is 5.60 Å². The van der Waals surface area contributed by atoms with Crippen molar-refractivity contribution in [1.29, 1.82) is 0 Å². The van der Waals surface area contributed by atoms with E-state index in [0.717, 1.165) is 64.6 Å². The fourth-order valence-electron chi connectivity index (χ4n) is 2.89. The summed E-state index contributed by atoms with van der Waals surface area (Å²) in [6.45, 7) is 7.41. The van der Waals surface area contributed by atoms with Crippen molar-refractivity contribution in [2.24, 2.45) is 5.41 Å². The number of carbonyl (C=O) groups is 1. The minimum Gasteiger partial charge on any atom is -0.460 e. The van der Waals surface area contributed by atoms with E-state index in [1.54, 1.807) is 0 Å². The molecule has 1 heterocycles. The number of unbranched alkanes of at least 4 members (excludes halogenated alkanes) is 2. The van der Waals surface area contributed by atoms with Gasteiger partial charge in [-0.15, -0.1) is 0 Å². The van der Waals surface area contributed by atoms with Gasteiger partial charge in [-0.25, -0.2) is 0 Å². The monoisotopic (exact) mass is 312 g/mol. The molecule has 0 amide bonds. The molecule has 4 nitrogen and oxygen atoms in total. The Labute approximate surface area is 134 Å². The summed E-state index contributed by atoms with van der Waals surface area (Å²) in [6, 6.07) is 0. The summed E-state index contributed by atoms with van der Waals surface area (Å²) in [5.74, 6) is 0.00635. The molecule has 1 saturated carbocycles. The third-order valence-electron chi connectivity index (χ3n) is 4.43. The van der Waals surface area contributed by atoms with Gasteiger partial charge in [-0.3, -0.25) is 4.79 Å².